The fourth-order valence-corrected chi connectivity index (χ4v) is 12.7. The Morgan fingerprint density at radius 2 is 0.554 bits per heavy atom. The number of unbranched alkanes of at least 4 members (excludes halogenated alkanes) is 41. The van der Waals surface area contributed by atoms with Crippen molar-refractivity contribution in [1.29, 1.82) is 0 Å². The van der Waals surface area contributed by atoms with Crippen LogP contribution < -0.4 is 0 Å². The van der Waals surface area contributed by atoms with Crippen LogP contribution >= 0.6 is 15.6 Å². The lowest BCUT2D eigenvalue weighted by Gasteiger charge is -2.21. The van der Waals surface area contributed by atoms with Gasteiger partial charge < -0.3 is 33.8 Å². The van der Waals surface area contributed by atoms with Gasteiger partial charge >= 0.3 is 39.5 Å². The lowest BCUT2D eigenvalue weighted by Crippen LogP contribution is -2.30. The highest BCUT2D eigenvalue weighted by Gasteiger charge is 2.30. The predicted molar refractivity (Wildman–Crippen MR) is 372 cm³/mol. The highest BCUT2D eigenvalue weighted by molar-refractivity contribution is 7.47. The predicted octanol–water partition coefficient (Wildman–Crippen LogP) is 21.2. The molecule has 3 unspecified atom stereocenters. The summed E-state index contributed by atoms with van der Waals surface area (Å²) >= 11 is 0. The van der Waals surface area contributed by atoms with Crippen molar-refractivity contribution in [3.8, 4) is 0 Å². The first-order chi connectivity index (χ1) is 44.4. The fourth-order valence-electron chi connectivity index (χ4n) is 11.1. The molecule has 0 saturated heterocycles. The van der Waals surface area contributed by atoms with Gasteiger partial charge in [0.1, 0.15) is 19.3 Å². The molecule has 92 heavy (non-hydrogen) atoms. The van der Waals surface area contributed by atoms with Crippen LogP contribution in [-0.2, 0) is 65.4 Å². The Morgan fingerprint density at radius 1 is 0.315 bits per heavy atom. The van der Waals surface area contributed by atoms with Crippen LogP contribution in [0.2, 0.25) is 0 Å². The van der Waals surface area contributed by atoms with E-state index in [2.05, 4.69) is 41.5 Å². The van der Waals surface area contributed by atoms with E-state index >= 15 is 0 Å². The van der Waals surface area contributed by atoms with Crippen LogP contribution in [0.5, 0.6) is 0 Å². The molecule has 6 atom stereocenters. The highest BCUT2D eigenvalue weighted by Crippen LogP contribution is 2.45. The van der Waals surface area contributed by atoms with Crippen molar-refractivity contribution in [1.82, 2.24) is 0 Å². The number of aliphatic hydroxyl groups excluding tert-OH is 1. The summed E-state index contributed by atoms with van der Waals surface area (Å²) < 4.78 is 68.3. The summed E-state index contributed by atoms with van der Waals surface area (Å²) in [7, 11) is -9.90. The molecule has 0 fully saturated rings. The van der Waals surface area contributed by atoms with E-state index in [1.165, 1.54) is 186 Å². The van der Waals surface area contributed by atoms with E-state index in [1.54, 1.807) is 0 Å². The summed E-state index contributed by atoms with van der Waals surface area (Å²) in [6.07, 6.45) is 51.3. The Hall–Kier alpha value is -1.94. The van der Waals surface area contributed by atoms with Crippen LogP contribution in [0, 0.1) is 11.8 Å². The van der Waals surface area contributed by atoms with Crippen LogP contribution in [0.15, 0.2) is 0 Å². The number of hydrogen-bond acceptors (Lipinski definition) is 15. The van der Waals surface area contributed by atoms with Crippen molar-refractivity contribution in [3.05, 3.63) is 0 Å². The first-order valence-corrected chi connectivity index (χ1v) is 41.0. The third-order valence-corrected chi connectivity index (χ3v) is 19.2. The van der Waals surface area contributed by atoms with E-state index in [9.17, 15) is 43.2 Å². The lowest BCUT2D eigenvalue weighted by molar-refractivity contribution is -0.161. The second-order valence-electron chi connectivity index (χ2n) is 27.1. The molecule has 0 saturated carbocycles. The Kier molecular flexibility index (Phi) is 63.7. The van der Waals surface area contributed by atoms with Gasteiger partial charge in [-0.3, -0.25) is 37.3 Å². The molecule has 546 valence electrons. The maximum Gasteiger partial charge on any atom is 0.472 e. The largest absolute Gasteiger partial charge is 0.472 e. The van der Waals surface area contributed by atoms with Gasteiger partial charge in [-0.05, 0) is 37.5 Å². The Balaban J connectivity index is 5.22. The van der Waals surface area contributed by atoms with Crippen molar-refractivity contribution in [3.63, 3.8) is 0 Å². The van der Waals surface area contributed by atoms with Crippen molar-refractivity contribution in [2.24, 2.45) is 11.8 Å². The molecule has 0 aromatic carbocycles. The standard InChI is InChI=1S/C73H142O17P2/c1-7-10-12-14-16-18-19-20-25-28-31-38-44-50-56-71(76)84-62-69(89-72(77)57-51-45-39-32-29-26-23-21-22-24-27-30-35-41-47-53-65(4)5)64-88-92(81,82)86-60-67(74)59-85-91(79,80)87-63-68(61-83-70(75)55-49-43-37-17-15-13-11-8-2)90-73(78)58-52-46-40-34-33-36-42-48-54-66(6)9-3/h65-69,74H,7-64H2,1-6H3,(H,79,80)(H,81,82)/t66?,67-,68+,69+/m0/s1. The van der Waals surface area contributed by atoms with E-state index in [4.69, 9.17) is 37.0 Å². The summed E-state index contributed by atoms with van der Waals surface area (Å²) in [5.74, 6) is -0.550. The van der Waals surface area contributed by atoms with E-state index < -0.39 is 97.5 Å². The average molecular weight is 1350 g/mol. The molecule has 0 amide bonds. The maximum atomic E-state index is 13.1. The zero-order valence-electron chi connectivity index (χ0n) is 59.9. The molecule has 0 aromatic heterocycles. The zero-order valence-corrected chi connectivity index (χ0v) is 61.6. The number of hydrogen-bond donors (Lipinski definition) is 3. The van der Waals surface area contributed by atoms with Crippen molar-refractivity contribution < 1.29 is 80.2 Å². The van der Waals surface area contributed by atoms with Crippen molar-refractivity contribution in [2.75, 3.05) is 39.6 Å². The summed E-state index contributed by atoms with van der Waals surface area (Å²) in [6.45, 7) is 9.57. The van der Waals surface area contributed by atoms with Crippen molar-refractivity contribution in [2.45, 2.75) is 394 Å². The van der Waals surface area contributed by atoms with Gasteiger partial charge in [-0.1, -0.05) is 324 Å². The number of ether oxygens (including phenoxy) is 4. The first-order valence-electron chi connectivity index (χ1n) is 38.0. The second-order valence-corrected chi connectivity index (χ2v) is 30.0. The van der Waals surface area contributed by atoms with Gasteiger partial charge in [-0.15, -0.1) is 0 Å². The Bertz CT molecular complexity index is 1790. The molecule has 0 spiro atoms. The summed E-state index contributed by atoms with van der Waals surface area (Å²) in [6, 6.07) is 0. The third kappa shape index (κ3) is 65.4. The van der Waals surface area contributed by atoms with Gasteiger partial charge in [-0.2, -0.15) is 0 Å². The van der Waals surface area contributed by atoms with Crippen LogP contribution in [0.4, 0.5) is 0 Å². The molecule has 19 heteroatoms. The minimum atomic E-state index is -4.95. The van der Waals surface area contributed by atoms with E-state index in [0.717, 1.165) is 108 Å². The molecule has 0 radical (unpaired) electrons. The van der Waals surface area contributed by atoms with Crippen LogP contribution in [0.3, 0.4) is 0 Å². The van der Waals surface area contributed by atoms with Gasteiger partial charge in [0.15, 0.2) is 12.2 Å². The molecule has 0 heterocycles. The quantitative estimate of drug-likeness (QED) is 0.0222. The van der Waals surface area contributed by atoms with Gasteiger partial charge in [0.2, 0.25) is 0 Å². The van der Waals surface area contributed by atoms with E-state index in [0.29, 0.717) is 25.7 Å². The number of rotatable bonds is 72. The minimum Gasteiger partial charge on any atom is -0.462 e. The van der Waals surface area contributed by atoms with Gasteiger partial charge in [0.05, 0.1) is 26.4 Å². The molecule has 17 nitrogen and oxygen atoms in total. The molecular formula is C73H142O17P2. The molecular weight excluding hydrogens is 1210 g/mol. The van der Waals surface area contributed by atoms with Gasteiger partial charge in [-0.25, -0.2) is 9.13 Å². The van der Waals surface area contributed by atoms with Crippen molar-refractivity contribution >= 4 is 39.5 Å². The molecule has 0 bridgehead atoms. The molecule has 0 aromatic rings. The Labute approximate surface area is 562 Å². The van der Waals surface area contributed by atoms with Crippen LogP contribution in [-0.4, -0.2) is 96.7 Å². The molecule has 0 aliphatic heterocycles. The van der Waals surface area contributed by atoms with E-state index in [1.807, 2.05) is 0 Å². The molecule has 3 N–H and O–H groups in total. The Morgan fingerprint density at radius 3 is 0.826 bits per heavy atom. The number of aliphatic hydroxyl groups is 1. The van der Waals surface area contributed by atoms with E-state index in [-0.39, 0.29) is 25.7 Å². The average Bonchev–Trinajstić information content (AvgIpc) is 2.97. The number of phosphoric acid groups is 2. The SMILES string of the molecule is CCCCCCCCCCCCCCCCC(=O)OC[C@H](COP(=O)(O)OC[C@@H](O)COP(=O)(O)OC[C@@H](COC(=O)CCCCCCCCCC)OC(=O)CCCCCCCCCCC(C)CC)OC(=O)CCCCCCCCCCCCCCCCCC(C)C. The lowest BCUT2D eigenvalue weighted by atomic mass is 9.99. The minimum absolute atomic E-state index is 0.105. The number of carbonyl (C=O) groups is 4. The van der Waals surface area contributed by atoms with Gasteiger partial charge in [0, 0.05) is 25.7 Å². The second kappa shape index (κ2) is 65.0. The monoisotopic (exact) mass is 1350 g/mol. The summed E-state index contributed by atoms with van der Waals surface area (Å²) in [5.41, 5.74) is 0. The normalized spacial score (nSPS) is 14.4. The third-order valence-electron chi connectivity index (χ3n) is 17.3. The number of carbonyl (C=O) groups excluding carboxylic acids is 4. The molecule has 0 rings (SSSR count). The van der Waals surface area contributed by atoms with Crippen LogP contribution in [0.25, 0.3) is 0 Å². The summed E-state index contributed by atoms with van der Waals surface area (Å²) in [5, 5.41) is 10.6. The number of esters is 4. The fraction of sp³-hybridized carbons (Fsp3) is 0.945. The highest BCUT2D eigenvalue weighted by atomic mass is 31.2. The zero-order chi connectivity index (χ0) is 67.9. The first kappa shape index (κ1) is 90.1. The number of phosphoric ester groups is 2. The van der Waals surface area contributed by atoms with Gasteiger partial charge in [0.25, 0.3) is 0 Å². The van der Waals surface area contributed by atoms with Crippen LogP contribution in [0.1, 0.15) is 375 Å². The summed E-state index contributed by atoms with van der Waals surface area (Å²) in [4.78, 5) is 72.6. The smallest absolute Gasteiger partial charge is 0.462 e. The topological polar surface area (TPSA) is 237 Å². The molecule has 0 aliphatic rings. The molecule has 0 aliphatic carbocycles. The maximum absolute atomic E-state index is 13.1.